The molecule has 25 heavy (non-hydrogen) atoms. The minimum atomic E-state index is -1.10. The number of hydrogen-bond donors (Lipinski definition) is 2. The number of benzene rings is 2. The van der Waals surface area contributed by atoms with Crippen molar-refractivity contribution in [3.05, 3.63) is 74.5 Å². The number of carboxylic acids is 1. The molecule has 0 aliphatic heterocycles. The van der Waals surface area contributed by atoms with Gasteiger partial charge in [0, 0.05) is 20.4 Å². The summed E-state index contributed by atoms with van der Waals surface area (Å²) in [5.41, 5.74) is 1.47. The quantitative estimate of drug-likeness (QED) is 0.544. The fourth-order valence-electron chi connectivity index (χ4n) is 2.30. The Labute approximate surface area is 161 Å². The first-order valence-corrected chi connectivity index (χ1v) is 9.18. The summed E-state index contributed by atoms with van der Waals surface area (Å²) in [5, 5.41) is 14.3. The van der Waals surface area contributed by atoms with Crippen molar-refractivity contribution in [2.75, 3.05) is 5.32 Å². The molecule has 2 aromatic carbocycles. The molecule has 0 radical (unpaired) electrons. The minimum Gasteiger partial charge on any atom is -0.478 e. The zero-order chi connectivity index (χ0) is 18.0. The number of amides is 1. The van der Waals surface area contributed by atoms with E-state index >= 15 is 0 Å². The van der Waals surface area contributed by atoms with Crippen LogP contribution in [0.25, 0.3) is 10.4 Å². The molecule has 0 bridgehead atoms. The van der Waals surface area contributed by atoms with Crippen LogP contribution >= 0.6 is 38.9 Å². The van der Waals surface area contributed by atoms with Crippen LogP contribution in [0.2, 0.25) is 5.02 Å². The molecule has 1 aromatic heterocycles. The normalized spacial score (nSPS) is 10.5. The second-order valence-corrected chi connectivity index (χ2v) is 7.36. The fraction of sp³-hybridized carbons (Fsp3) is 0. The number of thiophene rings is 1. The number of nitrogens with one attached hydrogen (secondary N) is 1. The molecule has 0 fully saturated rings. The summed E-state index contributed by atoms with van der Waals surface area (Å²) in [6, 6.07) is 13.8. The van der Waals surface area contributed by atoms with Crippen LogP contribution in [0.1, 0.15) is 20.7 Å². The lowest BCUT2D eigenvalue weighted by Gasteiger charge is -2.07. The molecular weight excluding hydrogens is 426 g/mol. The molecule has 4 nitrogen and oxygen atoms in total. The summed E-state index contributed by atoms with van der Waals surface area (Å²) in [6.45, 7) is 0. The lowest BCUT2D eigenvalue weighted by Crippen LogP contribution is -2.13. The maximum Gasteiger partial charge on any atom is 0.339 e. The molecule has 126 valence electrons. The zero-order valence-electron chi connectivity index (χ0n) is 12.6. The first-order chi connectivity index (χ1) is 12.0. The van der Waals surface area contributed by atoms with Crippen LogP contribution in [0.4, 0.5) is 5.69 Å². The van der Waals surface area contributed by atoms with E-state index in [0.29, 0.717) is 15.5 Å². The highest BCUT2D eigenvalue weighted by atomic mass is 79.9. The van der Waals surface area contributed by atoms with E-state index in [-0.39, 0.29) is 11.3 Å². The number of hydrogen-bond acceptors (Lipinski definition) is 3. The van der Waals surface area contributed by atoms with Gasteiger partial charge in [-0.15, -0.1) is 11.3 Å². The van der Waals surface area contributed by atoms with Gasteiger partial charge in [-0.3, -0.25) is 4.79 Å². The summed E-state index contributed by atoms with van der Waals surface area (Å²) in [7, 11) is 0. The van der Waals surface area contributed by atoms with Crippen LogP contribution in [0.3, 0.4) is 0 Å². The van der Waals surface area contributed by atoms with Crippen LogP contribution in [-0.2, 0) is 0 Å². The number of carbonyl (C=O) groups excluding carboxylic acids is 1. The summed E-state index contributed by atoms with van der Waals surface area (Å²) in [4.78, 5) is 24.7. The average Bonchev–Trinajstić information content (AvgIpc) is 2.99. The van der Waals surface area contributed by atoms with Crippen molar-refractivity contribution in [2.45, 2.75) is 0 Å². The molecule has 3 rings (SSSR count). The summed E-state index contributed by atoms with van der Waals surface area (Å²) >= 11 is 10.5. The first-order valence-electron chi connectivity index (χ1n) is 7.13. The number of carboxylic acid groups (broad SMARTS) is 1. The largest absolute Gasteiger partial charge is 0.478 e. The maximum atomic E-state index is 12.4. The third-order valence-electron chi connectivity index (χ3n) is 3.45. The van der Waals surface area contributed by atoms with E-state index in [1.165, 1.54) is 17.4 Å². The minimum absolute atomic E-state index is 0.0719. The Morgan fingerprint density at radius 2 is 1.84 bits per heavy atom. The van der Waals surface area contributed by atoms with E-state index in [1.54, 1.807) is 23.6 Å². The van der Waals surface area contributed by atoms with E-state index in [1.807, 2.05) is 24.3 Å². The fourth-order valence-corrected chi connectivity index (χ4v) is 3.75. The maximum absolute atomic E-state index is 12.4. The molecule has 0 saturated carbocycles. The van der Waals surface area contributed by atoms with Crippen molar-refractivity contribution < 1.29 is 14.7 Å². The molecule has 1 amide bonds. The first kappa shape index (κ1) is 17.7. The van der Waals surface area contributed by atoms with E-state index in [0.717, 1.165) is 10.0 Å². The standard InChI is InChI=1S/C18H11BrClNO3S/c19-12-6-4-10(5-7-12)16-15(18(23)24)14(9-25-16)21-17(22)11-2-1-3-13(20)8-11/h1-9H,(H,21,22)(H,23,24). The summed E-state index contributed by atoms with van der Waals surface area (Å²) in [6.07, 6.45) is 0. The molecule has 7 heteroatoms. The monoisotopic (exact) mass is 435 g/mol. The Bertz CT molecular complexity index is 953. The van der Waals surface area contributed by atoms with Gasteiger partial charge < -0.3 is 10.4 Å². The highest BCUT2D eigenvalue weighted by molar-refractivity contribution is 9.10. The predicted octanol–water partition coefficient (Wildman–Crippen LogP) is 5.78. The van der Waals surface area contributed by atoms with Crippen molar-refractivity contribution in [3.63, 3.8) is 0 Å². The van der Waals surface area contributed by atoms with E-state index in [4.69, 9.17) is 11.6 Å². The van der Waals surface area contributed by atoms with Crippen LogP contribution in [0, 0.1) is 0 Å². The van der Waals surface area contributed by atoms with Crippen LogP contribution in [0.15, 0.2) is 58.4 Å². The summed E-state index contributed by atoms with van der Waals surface area (Å²) in [5.74, 6) is -1.51. The predicted molar refractivity (Wildman–Crippen MR) is 104 cm³/mol. The Hall–Kier alpha value is -2.15. The van der Waals surface area contributed by atoms with Crippen molar-refractivity contribution in [2.24, 2.45) is 0 Å². The lowest BCUT2D eigenvalue weighted by molar-refractivity contribution is 0.0699. The van der Waals surface area contributed by atoms with Crippen molar-refractivity contribution in [1.29, 1.82) is 0 Å². The molecule has 2 N–H and O–H groups in total. The van der Waals surface area contributed by atoms with Crippen molar-refractivity contribution in [3.8, 4) is 10.4 Å². The molecule has 0 spiro atoms. The van der Waals surface area contributed by atoms with E-state index in [2.05, 4.69) is 21.2 Å². The number of rotatable bonds is 4. The molecule has 0 atom stereocenters. The van der Waals surface area contributed by atoms with E-state index in [9.17, 15) is 14.7 Å². The summed E-state index contributed by atoms with van der Waals surface area (Å²) < 4.78 is 0.902. The number of aromatic carboxylic acids is 1. The zero-order valence-corrected chi connectivity index (χ0v) is 15.8. The van der Waals surface area contributed by atoms with Crippen LogP contribution in [-0.4, -0.2) is 17.0 Å². The number of carbonyl (C=O) groups is 2. The SMILES string of the molecule is O=C(Nc1csc(-c2ccc(Br)cc2)c1C(=O)O)c1cccc(Cl)c1. The highest BCUT2D eigenvalue weighted by Gasteiger charge is 2.21. The Morgan fingerprint density at radius 3 is 2.48 bits per heavy atom. The van der Waals surface area contributed by atoms with Gasteiger partial charge in [0.2, 0.25) is 0 Å². The average molecular weight is 437 g/mol. The molecular formula is C18H11BrClNO3S. The van der Waals surface area contributed by atoms with Gasteiger partial charge in [0.15, 0.2) is 0 Å². The Kier molecular flexibility index (Phi) is 5.22. The van der Waals surface area contributed by atoms with Gasteiger partial charge in [-0.25, -0.2) is 4.79 Å². The molecule has 1 heterocycles. The molecule has 0 aliphatic rings. The highest BCUT2D eigenvalue weighted by Crippen LogP contribution is 2.36. The number of halogens is 2. The van der Waals surface area contributed by atoms with Crippen molar-refractivity contribution >= 4 is 56.4 Å². The molecule has 0 saturated heterocycles. The lowest BCUT2D eigenvalue weighted by atomic mass is 10.1. The van der Waals surface area contributed by atoms with Gasteiger partial charge in [0.1, 0.15) is 5.56 Å². The van der Waals surface area contributed by atoms with Gasteiger partial charge in [-0.2, -0.15) is 0 Å². The van der Waals surface area contributed by atoms with Gasteiger partial charge >= 0.3 is 5.97 Å². The number of anilines is 1. The van der Waals surface area contributed by atoms with Gasteiger partial charge in [0.25, 0.3) is 5.91 Å². The van der Waals surface area contributed by atoms with Gasteiger partial charge in [-0.05, 0) is 35.9 Å². The molecule has 3 aromatic rings. The van der Waals surface area contributed by atoms with Crippen LogP contribution < -0.4 is 5.32 Å². The topological polar surface area (TPSA) is 66.4 Å². The van der Waals surface area contributed by atoms with Gasteiger partial charge in [0.05, 0.1) is 10.6 Å². The van der Waals surface area contributed by atoms with Gasteiger partial charge in [-0.1, -0.05) is 45.7 Å². The smallest absolute Gasteiger partial charge is 0.339 e. The molecule has 0 aliphatic carbocycles. The van der Waals surface area contributed by atoms with E-state index < -0.39 is 11.9 Å². The third kappa shape index (κ3) is 3.92. The second-order valence-electron chi connectivity index (χ2n) is 5.13. The Balaban J connectivity index is 1.96. The van der Waals surface area contributed by atoms with Crippen molar-refractivity contribution in [1.82, 2.24) is 0 Å². The molecule has 0 unspecified atom stereocenters. The third-order valence-corrected chi connectivity index (χ3v) is 5.24. The van der Waals surface area contributed by atoms with Crippen LogP contribution in [0.5, 0.6) is 0 Å². The second kappa shape index (κ2) is 7.39. The Morgan fingerprint density at radius 1 is 1.12 bits per heavy atom.